The second-order valence-corrected chi connectivity index (χ2v) is 3.28. The van der Waals surface area contributed by atoms with Gasteiger partial charge in [0.2, 0.25) is 0 Å². The molecule has 0 atom stereocenters. The lowest BCUT2D eigenvalue weighted by Crippen LogP contribution is -2.10. The minimum absolute atomic E-state index is 0.139. The standard InChI is InChI=1S/C10H9F2NO2/c1-2-10(11,12)6-3-4-7-8(5-6)15-9(14)13-7/h3-5H,2H2,1H3,(H,13,14). The normalized spacial score (nSPS) is 12.2. The Balaban J connectivity index is 2.60. The lowest BCUT2D eigenvalue weighted by molar-refractivity contribution is -0.00822. The average Bonchev–Trinajstić information content (AvgIpc) is 2.56. The Kier molecular flexibility index (Phi) is 2.10. The second-order valence-electron chi connectivity index (χ2n) is 3.28. The first-order valence-electron chi connectivity index (χ1n) is 4.54. The van der Waals surface area contributed by atoms with Crippen molar-refractivity contribution in [2.75, 3.05) is 0 Å². The largest absolute Gasteiger partial charge is 0.417 e. The van der Waals surface area contributed by atoms with Crippen LogP contribution in [0.3, 0.4) is 0 Å². The highest BCUT2D eigenvalue weighted by molar-refractivity contribution is 5.72. The van der Waals surface area contributed by atoms with Crippen LogP contribution in [-0.4, -0.2) is 4.98 Å². The molecular weight excluding hydrogens is 204 g/mol. The highest BCUT2D eigenvalue weighted by Crippen LogP contribution is 2.32. The second kappa shape index (κ2) is 3.18. The summed E-state index contributed by atoms with van der Waals surface area (Å²) < 4.78 is 31.3. The molecular formula is C10H9F2NO2. The Morgan fingerprint density at radius 3 is 2.87 bits per heavy atom. The topological polar surface area (TPSA) is 46.0 Å². The number of aromatic nitrogens is 1. The predicted octanol–water partition coefficient (Wildman–Crippen LogP) is 2.62. The molecule has 0 radical (unpaired) electrons. The molecule has 0 aliphatic rings. The van der Waals surface area contributed by atoms with Gasteiger partial charge in [-0.2, -0.15) is 0 Å². The Morgan fingerprint density at radius 1 is 1.47 bits per heavy atom. The van der Waals surface area contributed by atoms with Crippen molar-refractivity contribution in [3.8, 4) is 0 Å². The number of hydrogen-bond donors (Lipinski definition) is 1. The fourth-order valence-corrected chi connectivity index (χ4v) is 1.38. The van der Waals surface area contributed by atoms with Crippen LogP contribution in [-0.2, 0) is 5.92 Å². The van der Waals surface area contributed by atoms with E-state index in [1.807, 2.05) is 0 Å². The molecule has 1 heterocycles. The van der Waals surface area contributed by atoms with Gasteiger partial charge in [-0.05, 0) is 12.1 Å². The molecule has 0 saturated carbocycles. The minimum Gasteiger partial charge on any atom is -0.408 e. The van der Waals surface area contributed by atoms with Crippen LogP contribution in [0.5, 0.6) is 0 Å². The first kappa shape index (κ1) is 9.89. The average molecular weight is 213 g/mol. The van der Waals surface area contributed by atoms with E-state index < -0.39 is 11.7 Å². The number of nitrogens with one attached hydrogen (secondary N) is 1. The smallest absolute Gasteiger partial charge is 0.408 e. The van der Waals surface area contributed by atoms with Gasteiger partial charge in [-0.3, -0.25) is 4.98 Å². The summed E-state index contributed by atoms with van der Waals surface area (Å²) in [5.74, 6) is -3.52. The molecule has 0 spiro atoms. The zero-order valence-electron chi connectivity index (χ0n) is 8.01. The number of aromatic amines is 1. The summed E-state index contributed by atoms with van der Waals surface area (Å²) in [5, 5.41) is 0. The third kappa shape index (κ3) is 1.65. The van der Waals surface area contributed by atoms with E-state index in [0.29, 0.717) is 5.52 Å². The molecule has 1 aromatic heterocycles. The summed E-state index contributed by atoms with van der Waals surface area (Å²) in [5.41, 5.74) is 0.446. The molecule has 0 aliphatic heterocycles. The molecule has 0 fully saturated rings. The number of H-pyrrole nitrogens is 1. The third-order valence-electron chi connectivity index (χ3n) is 2.29. The number of rotatable bonds is 2. The molecule has 3 nitrogen and oxygen atoms in total. The SMILES string of the molecule is CCC(F)(F)c1ccc2[nH]c(=O)oc2c1. The lowest BCUT2D eigenvalue weighted by Gasteiger charge is -2.13. The van der Waals surface area contributed by atoms with Crippen molar-refractivity contribution in [3.63, 3.8) is 0 Å². The zero-order valence-corrected chi connectivity index (χ0v) is 8.01. The van der Waals surface area contributed by atoms with Crippen LogP contribution < -0.4 is 5.76 Å². The summed E-state index contributed by atoms with van der Waals surface area (Å²) in [6.07, 6.45) is -0.285. The van der Waals surface area contributed by atoms with Gasteiger partial charge >= 0.3 is 5.76 Å². The Labute approximate surface area is 83.7 Å². The third-order valence-corrected chi connectivity index (χ3v) is 2.29. The molecule has 0 bridgehead atoms. The van der Waals surface area contributed by atoms with Crippen LogP contribution >= 0.6 is 0 Å². The predicted molar refractivity (Wildman–Crippen MR) is 51.0 cm³/mol. The highest BCUT2D eigenvalue weighted by atomic mass is 19.3. The van der Waals surface area contributed by atoms with Crippen molar-refractivity contribution in [2.45, 2.75) is 19.3 Å². The number of hydrogen-bond acceptors (Lipinski definition) is 2. The molecule has 1 N–H and O–H groups in total. The Hall–Kier alpha value is -1.65. The number of halogens is 2. The first-order valence-corrected chi connectivity index (χ1v) is 4.54. The lowest BCUT2D eigenvalue weighted by atomic mass is 10.1. The van der Waals surface area contributed by atoms with Gasteiger partial charge in [-0.25, -0.2) is 13.6 Å². The Morgan fingerprint density at radius 2 is 2.20 bits per heavy atom. The van der Waals surface area contributed by atoms with E-state index >= 15 is 0 Å². The van der Waals surface area contributed by atoms with E-state index in [-0.39, 0.29) is 17.6 Å². The van der Waals surface area contributed by atoms with Crippen LogP contribution in [0.4, 0.5) is 8.78 Å². The van der Waals surface area contributed by atoms with Crippen LogP contribution in [0, 0.1) is 0 Å². The van der Waals surface area contributed by atoms with Gasteiger partial charge in [0.1, 0.15) is 0 Å². The van der Waals surface area contributed by atoms with Gasteiger partial charge < -0.3 is 4.42 Å². The molecule has 5 heteroatoms. The number of fused-ring (bicyclic) bond motifs is 1. The monoisotopic (exact) mass is 213 g/mol. The summed E-state index contributed by atoms with van der Waals surface area (Å²) in [7, 11) is 0. The van der Waals surface area contributed by atoms with Crippen LogP contribution in [0.2, 0.25) is 0 Å². The van der Waals surface area contributed by atoms with Gasteiger partial charge in [-0.15, -0.1) is 0 Å². The van der Waals surface area contributed by atoms with Gasteiger partial charge in [0.05, 0.1) is 5.52 Å². The van der Waals surface area contributed by atoms with Gasteiger partial charge in [0.25, 0.3) is 5.92 Å². The van der Waals surface area contributed by atoms with E-state index in [9.17, 15) is 13.6 Å². The van der Waals surface area contributed by atoms with Crippen molar-refractivity contribution in [2.24, 2.45) is 0 Å². The maximum Gasteiger partial charge on any atom is 0.417 e. The zero-order chi connectivity index (χ0) is 11.1. The first-order chi connectivity index (χ1) is 7.03. The van der Waals surface area contributed by atoms with Gasteiger partial charge in [-0.1, -0.05) is 13.0 Å². The van der Waals surface area contributed by atoms with Crippen LogP contribution in [0.25, 0.3) is 11.1 Å². The Bertz CT molecular complexity index is 542. The van der Waals surface area contributed by atoms with Crippen molar-refractivity contribution in [1.82, 2.24) is 4.98 Å². The summed E-state index contributed by atoms with van der Waals surface area (Å²) in [6, 6.07) is 3.90. The van der Waals surface area contributed by atoms with E-state index in [1.54, 1.807) is 0 Å². The molecule has 2 aromatic rings. The molecule has 0 amide bonds. The maximum absolute atomic E-state index is 13.3. The number of oxazole rings is 1. The van der Waals surface area contributed by atoms with E-state index in [0.717, 1.165) is 0 Å². The van der Waals surface area contributed by atoms with E-state index in [4.69, 9.17) is 4.42 Å². The minimum atomic E-state index is -2.88. The quantitative estimate of drug-likeness (QED) is 0.833. The molecule has 80 valence electrons. The molecule has 0 saturated heterocycles. The number of alkyl halides is 2. The summed E-state index contributed by atoms with van der Waals surface area (Å²) in [4.78, 5) is 13.2. The number of benzene rings is 1. The van der Waals surface area contributed by atoms with Crippen molar-refractivity contribution >= 4 is 11.1 Å². The molecule has 0 aliphatic carbocycles. The van der Waals surface area contributed by atoms with E-state index in [2.05, 4.69) is 4.98 Å². The molecule has 0 unspecified atom stereocenters. The molecule has 15 heavy (non-hydrogen) atoms. The fraction of sp³-hybridized carbons (Fsp3) is 0.300. The highest BCUT2D eigenvalue weighted by Gasteiger charge is 2.29. The summed E-state index contributed by atoms with van der Waals surface area (Å²) >= 11 is 0. The van der Waals surface area contributed by atoms with Crippen molar-refractivity contribution < 1.29 is 13.2 Å². The molecule has 2 rings (SSSR count). The van der Waals surface area contributed by atoms with Crippen LogP contribution in [0.1, 0.15) is 18.9 Å². The maximum atomic E-state index is 13.3. The van der Waals surface area contributed by atoms with Crippen molar-refractivity contribution in [1.29, 1.82) is 0 Å². The fourth-order valence-electron chi connectivity index (χ4n) is 1.38. The van der Waals surface area contributed by atoms with Gasteiger partial charge in [0.15, 0.2) is 5.58 Å². The van der Waals surface area contributed by atoms with Crippen LogP contribution in [0.15, 0.2) is 27.4 Å². The summed E-state index contributed by atoms with van der Waals surface area (Å²) in [6.45, 7) is 1.40. The van der Waals surface area contributed by atoms with Gasteiger partial charge in [0, 0.05) is 12.0 Å². The molecule has 1 aromatic carbocycles. The van der Waals surface area contributed by atoms with Crippen molar-refractivity contribution in [3.05, 3.63) is 34.3 Å². The van der Waals surface area contributed by atoms with E-state index in [1.165, 1.54) is 25.1 Å².